The van der Waals surface area contributed by atoms with Gasteiger partial charge in [0.1, 0.15) is 5.75 Å². The standard InChI is InChI=1S/C14H12BrN3OS/c1-8-5-10(19-2)3-4-12(8)18-13-11(17-14(18)20)6-9(15)7-16-13/h3-7H,1-2H3,(H,17,20). The van der Waals surface area contributed by atoms with Crippen LogP contribution in [-0.4, -0.2) is 21.6 Å². The van der Waals surface area contributed by atoms with E-state index in [1.165, 1.54) is 0 Å². The van der Waals surface area contributed by atoms with Crippen molar-refractivity contribution in [1.82, 2.24) is 14.5 Å². The number of rotatable bonds is 2. The van der Waals surface area contributed by atoms with Crippen molar-refractivity contribution in [2.75, 3.05) is 7.11 Å². The lowest BCUT2D eigenvalue weighted by Crippen LogP contribution is -1.99. The normalized spacial score (nSPS) is 10.9. The molecule has 1 aromatic carbocycles. The number of nitrogens with one attached hydrogen (secondary N) is 1. The van der Waals surface area contributed by atoms with Gasteiger partial charge in [0, 0.05) is 10.7 Å². The third-order valence-electron chi connectivity index (χ3n) is 3.13. The van der Waals surface area contributed by atoms with Crippen molar-refractivity contribution in [3.8, 4) is 11.4 Å². The number of fused-ring (bicyclic) bond motifs is 1. The summed E-state index contributed by atoms with van der Waals surface area (Å²) < 4.78 is 8.71. The number of ether oxygens (including phenoxy) is 1. The Morgan fingerprint density at radius 1 is 1.35 bits per heavy atom. The summed E-state index contributed by atoms with van der Waals surface area (Å²) in [6.45, 7) is 2.03. The fourth-order valence-corrected chi connectivity index (χ4v) is 2.82. The van der Waals surface area contributed by atoms with E-state index in [0.29, 0.717) is 4.77 Å². The molecule has 0 amide bonds. The van der Waals surface area contributed by atoms with E-state index >= 15 is 0 Å². The van der Waals surface area contributed by atoms with Crippen molar-refractivity contribution >= 4 is 39.3 Å². The van der Waals surface area contributed by atoms with E-state index in [2.05, 4.69) is 25.9 Å². The quantitative estimate of drug-likeness (QED) is 0.706. The highest BCUT2D eigenvalue weighted by Crippen LogP contribution is 2.25. The van der Waals surface area contributed by atoms with Crippen LogP contribution in [0.15, 0.2) is 34.9 Å². The van der Waals surface area contributed by atoms with Crippen LogP contribution in [0.1, 0.15) is 5.56 Å². The highest BCUT2D eigenvalue weighted by atomic mass is 79.9. The number of H-pyrrole nitrogens is 1. The topological polar surface area (TPSA) is 42.8 Å². The molecule has 3 aromatic rings. The van der Waals surface area contributed by atoms with Gasteiger partial charge in [0.25, 0.3) is 0 Å². The molecule has 0 fully saturated rings. The van der Waals surface area contributed by atoms with Gasteiger partial charge in [0.2, 0.25) is 0 Å². The zero-order chi connectivity index (χ0) is 14.3. The van der Waals surface area contributed by atoms with Gasteiger partial charge in [-0.15, -0.1) is 0 Å². The van der Waals surface area contributed by atoms with Crippen LogP contribution in [0.2, 0.25) is 0 Å². The van der Waals surface area contributed by atoms with Gasteiger partial charge in [-0.1, -0.05) is 0 Å². The van der Waals surface area contributed by atoms with Crippen molar-refractivity contribution in [1.29, 1.82) is 0 Å². The number of imidazole rings is 1. The first kappa shape index (κ1) is 13.3. The van der Waals surface area contributed by atoms with Gasteiger partial charge >= 0.3 is 0 Å². The van der Waals surface area contributed by atoms with Crippen LogP contribution < -0.4 is 4.74 Å². The van der Waals surface area contributed by atoms with Gasteiger partial charge in [0.15, 0.2) is 10.4 Å². The zero-order valence-electron chi connectivity index (χ0n) is 11.0. The molecule has 4 nitrogen and oxygen atoms in total. The Hall–Kier alpha value is -1.66. The predicted octanol–water partition coefficient (Wildman–Crippen LogP) is 4.16. The Morgan fingerprint density at radius 2 is 2.15 bits per heavy atom. The summed E-state index contributed by atoms with van der Waals surface area (Å²) in [7, 11) is 1.66. The molecule has 3 rings (SSSR count). The first-order valence-electron chi connectivity index (χ1n) is 6.01. The second-order valence-corrected chi connectivity index (χ2v) is 5.75. The van der Waals surface area contributed by atoms with E-state index in [1.807, 2.05) is 35.8 Å². The number of aromatic nitrogens is 3. The Bertz CT molecular complexity index is 853. The summed E-state index contributed by atoms with van der Waals surface area (Å²) in [6.07, 6.45) is 1.76. The number of halogens is 1. The predicted molar refractivity (Wildman–Crippen MR) is 85.2 cm³/mol. The minimum absolute atomic E-state index is 0.624. The second kappa shape index (κ2) is 5.03. The van der Waals surface area contributed by atoms with Crippen LogP contribution in [-0.2, 0) is 0 Å². The molecule has 0 aliphatic rings. The van der Waals surface area contributed by atoms with Crippen LogP contribution in [0.3, 0.4) is 0 Å². The molecular formula is C14H12BrN3OS. The molecule has 2 aromatic heterocycles. The Balaban J connectivity index is 2.29. The molecule has 1 N–H and O–H groups in total. The highest BCUT2D eigenvalue weighted by Gasteiger charge is 2.10. The van der Waals surface area contributed by atoms with Crippen LogP contribution >= 0.6 is 28.1 Å². The van der Waals surface area contributed by atoms with Crippen molar-refractivity contribution < 1.29 is 4.74 Å². The minimum atomic E-state index is 0.624. The van der Waals surface area contributed by atoms with Gasteiger partial charge in [-0.05, 0) is 64.9 Å². The Labute approximate surface area is 129 Å². The van der Waals surface area contributed by atoms with Crippen molar-refractivity contribution in [3.63, 3.8) is 0 Å². The number of benzene rings is 1. The monoisotopic (exact) mass is 349 g/mol. The van der Waals surface area contributed by atoms with Crippen LogP contribution in [0.5, 0.6) is 5.75 Å². The second-order valence-electron chi connectivity index (χ2n) is 4.44. The molecular weight excluding hydrogens is 338 g/mol. The number of pyridine rings is 1. The molecule has 0 aliphatic carbocycles. The van der Waals surface area contributed by atoms with E-state index in [0.717, 1.165) is 32.6 Å². The van der Waals surface area contributed by atoms with E-state index in [4.69, 9.17) is 17.0 Å². The van der Waals surface area contributed by atoms with Crippen molar-refractivity contribution in [2.45, 2.75) is 6.92 Å². The molecule has 2 heterocycles. The summed E-state index contributed by atoms with van der Waals surface area (Å²) in [5, 5.41) is 0. The molecule has 0 saturated carbocycles. The van der Waals surface area contributed by atoms with Gasteiger partial charge in [0.05, 0.1) is 18.3 Å². The fraction of sp³-hybridized carbons (Fsp3) is 0.143. The number of hydrogen-bond donors (Lipinski definition) is 1. The van der Waals surface area contributed by atoms with Crippen LogP contribution in [0.4, 0.5) is 0 Å². The van der Waals surface area contributed by atoms with Gasteiger partial charge in [-0.2, -0.15) is 0 Å². The lowest BCUT2D eigenvalue weighted by atomic mass is 10.2. The molecule has 20 heavy (non-hydrogen) atoms. The third-order valence-corrected chi connectivity index (χ3v) is 3.85. The maximum Gasteiger partial charge on any atom is 0.184 e. The van der Waals surface area contributed by atoms with E-state index in [9.17, 15) is 0 Å². The maximum atomic E-state index is 5.42. The smallest absolute Gasteiger partial charge is 0.184 e. The number of hydrogen-bond acceptors (Lipinski definition) is 3. The molecule has 0 spiro atoms. The number of aryl methyl sites for hydroxylation is 1. The van der Waals surface area contributed by atoms with Crippen molar-refractivity contribution in [3.05, 3.63) is 45.3 Å². The molecule has 0 saturated heterocycles. The highest BCUT2D eigenvalue weighted by molar-refractivity contribution is 9.10. The number of nitrogens with zero attached hydrogens (tertiary/aromatic N) is 2. The third kappa shape index (κ3) is 2.14. The Kier molecular flexibility index (Phi) is 3.35. The largest absolute Gasteiger partial charge is 0.497 e. The minimum Gasteiger partial charge on any atom is -0.497 e. The average Bonchev–Trinajstić information content (AvgIpc) is 2.73. The van der Waals surface area contributed by atoms with E-state index < -0.39 is 0 Å². The number of methoxy groups -OCH3 is 1. The Morgan fingerprint density at radius 3 is 2.85 bits per heavy atom. The molecule has 0 atom stereocenters. The summed E-state index contributed by atoms with van der Waals surface area (Å²) in [5.74, 6) is 0.827. The summed E-state index contributed by atoms with van der Waals surface area (Å²) in [5.41, 5.74) is 3.79. The average molecular weight is 350 g/mol. The molecule has 0 bridgehead atoms. The van der Waals surface area contributed by atoms with Gasteiger partial charge in [-0.25, -0.2) is 4.98 Å². The first-order valence-corrected chi connectivity index (χ1v) is 7.21. The fourth-order valence-electron chi connectivity index (χ4n) is 2.20. The first-order chi connectivity index (χ1) is 9.60. The number of aromatic amines is 1. The van der Waals surface area contributed by atoms with E-state index in [-0.39, 0.29) is 0 Å². The van der Waals surface area contributed by atoms with Crippen LogP contribution in [0.25, 0.3) is 16.9 Å². The summed E-state index contributed by atoms with van der Waals surface area (Å²) >= 11 is 8.83. The SMILES string of the molecule is COc1ccc(-n2c(=S)[nH]c3cc(Br)cnc32)c(C)c1. The van der Waals surface area contributed by atoms with Crippen LogP contribution in [0, 0.1) is 11.7 Å². The molecule has 102 valence electrons. The van der Waals surface area contributed by atoms with Gasteiger partial charge in [-0.3, -0.25) is 4.57 Å². The molecule has 0 unspecified atom stereocenters. The maximum absolute atomic E-state index is 5.42. The lowest BCUT2D eigenvalue weighted by Gasteiger charge is -2.09. The molecule has 0 aliphatic heterocycles. The zero-order valence-corrected chi connectivity index (χ0v) is 13.4. The van der Waals surface area contributed by atoms with Gasteiger partial charge < -0.3 is 9.72 Å². The molecule has 0 radical (unpaired) electrons. The molecule has 6 heteroatoms. The van der Waals surface area contributed by atoms with E-state index in [1.54, 1.807) is 13.3 Å². The lowest BCUT2D eigenvalue weighted by molar-refractivity contribution is 0.414. The summed E-state index contributed by atoms with van der Waals surface area (Å²) in [4.78, 5) is 7.62. The summed E-state index contributed by atoms with van der Waals surface area (Å²) in [6, 6.07) is 7.85. The van der Waals surface area contributed by atoms with Crippen molar-refractivity contribution in [2.24, 2.45) is 0 Å².